The van der Waals surface area contributed by atoms with Crippen LogP contribution in [-0.4, -0.2) is 32.0 Å². The number of aromatic nitrogens is 4. The van der Waals surface area contributed by atoms with E-state index in [0.29, 0.717) is 5.56 Å². The largest absolute Gasteiger partial charge is 0.272 e. The molecule has 0 unspecified atom stereocenters. The number of tetrazole rings is 1. The number of hydrazine groups is 1. The van der Waals surface area contributed by atoms with Crippen molar-refractivity contribution in [3.8, 4) is 5.69 Å². The lowest BCUT2D eigenvalue weighted by atomic mass is 9.77. The first-order valence-corrected chi connectivity index (χ1v) is 9.60. The molecule has 8 nitrogen and oxygen atoms in total. The Kier molecular flexibility index (Phi) is 5.07. The highest BCUT2D eigenvalue weighted by molar-refractivity contribution is 5.97. The Morgan fingerprint density at radius 2 is 1.79 bits per heavy atom. The number of hydrogen-bond donors (Lipinski definition) is 2. The number of carbonyl (C=O) groups excluding carboxylic acids is 2. The Morgan fingerprint density at radius 3 is 2.45 bits per heavy atom. The summed E-state index contributed by atoms with van der Waals surface area (Å²) in [6.07, 6.45) is 5.01. The van der Waals surface area contributed by atoms with Gasteiger partial charge in [-0.15, -0.1) is 5.10 Å². The van der Waals surface area contributed by atoms with Gasteiger partial charge in [0.2, 0.25) is 5.91 Å². The van der Waals surface area contributed by atoms with Gasteiger partial charge in [0.15, 0.2) is 0 Å². The molecule has 1 fully saturated rings. The summed E-state index contributed by atoms with van der Waals surface area (Å²) >= 11 is 0. The molecular weight excluding hydrogens is 368 g/mol. The van der Waals surface area contributed by atoms with Crippen LogP contribution in [0.2, 0.25) is 0 Å². The van der Waals surface area contributed by atoms with Crippen LogP contribution in [0.1, 0.15) is 47.2 Å². The van der Waals surface area contributed by atoms with Gasteiger partial charge in [-0.1, -0.05) is 42.7 Å². The van der Waals surface area contributed by atoms with E-state index in [2.05, 4.69) is 32.4 Å². The zero-order valence-corrected chi connectivity index (χ0v) is 16.1. The van der Waals surface area contributed by atoms with Crippen LogP contribution in [0, 0.1) is 6.92 Å². The number of amides is 2. The van der Waals surface area contributed by atoms with E-state index in [0.717, 1.165) is 42.5 Å². The Labute approximate surface area is 168 Å². The summed E-state index contributed by atoms with van der Waals surface area (Å²) < 4.78 is 1.50. The molecule has 2 N–H and O–H groups in total. The lowest BCUT2D eigenvalue weighted by Crippen LogP contribution is -2.50. The van der Waals surface area contributed by atoms with Gasteiger partial charge < -0.3 is 0 Å². The van der Waals surface area contributed by atoms with E-state index in [1.54, 1.807) is 24.3 Å². The second kappa shape index (κ2) is 7.83. The van der Waals surface area contributed by atoms with Gasteiger partial charge in [0.1, 0.15) is 6.33 Å². The maximum atomic E-state index is 13.1. The van der Waals surface area contributed by atoms with Gasteiger partial charge in [0, 0.05) is 5.56 Å². The number of nitrogens with one attached hydrogen (secondary N) is 2. The zero-order chi connectivity index (χ0) is 20.3. The Morgan fingerprint density at radius 1 is 1.03 bits per heavy atom. The zero-order valence-electron chi connectivity index (χ0n) is 16.1. The van der Waals surface area contributed by atoms with Crippen molar-refractivity contribution in [1.82, 2.24) is 31.1 Å². The molecule has 0 bridgehead atoms. The molecule has 0 radical (unpaired) electrons. The summed E-state index contributed by atoms with van der Waals surface area (Å²) in [7, 11) is 0. The highest BCUT2D eigenvalue weighted by Gasteiger charge is 2.42. The van der Waals surface area contributed by atoms with Gasteiger partial charge in [-0.3, -0.25) is 20.4 Å². The molecule has 1 saturated carbocycles. The van der Waals surface area contributed by atoms with Crippen LogP contribution in [0.5, 0.6) is 0 Å². The molecule has 29 heavy (non-hydrogen) atoms. The quantitative estimate of drug-likeness (QED) is 0.665. The van der Waals surface area contributed by atoms with Crippen LogP contribution in [0.15, 0.2) is 54.9 Å². The molecule has 0 aliphatic heterocycles. The summed E-state index contributed by atoms with van der Waals surface area (Å²) in [6.45, 7) is 2.02. The van der Waals surface area contributed by atoms with Crippen LogP contribution in [0.3, 0.4) is 0 Å². The van der Waals surface area contributed by atoms with Crippen molar-refractivity contribution in [3.63, 3.8) is 0 Å². The molecule has 0 atom stereocenters. The smallest absolute Gasteiger partial charge is 0.269 e. The van der Waals surface area contributed by atoms with E-state index in [4.69, 9.17) is 0 Å². The molecule has 1 aliphatic carbocycles. The average Bonchev–Trinajstić information content (AvgIpc) is 3.45. The van der Waals surface area contributed by atoms with Gasteiger partial charge in [0.05, 0.1) is 11.1 Å². The fourth-order valence-corrected chi connectivity index (χ4v) is 3.92. The van der Waals surface area contributed by atoms with E-state index in [1.807, 2.05) is 25.1 Å². The Balaban J connectivity index is 1.45. The second-order valence-electron chi connectivity index (χ2n) is 7.37. The fraction of sp³-hybridized carbons (Fsp3) is 0.286. The van der Waals surface area contributed by atoms with Crippen molar-refractivity contribution in [2.75, 3.05) is 0 Å². The van der Waals surface area contributed by atoms with Crippen LogP contribution in [-0.2, 0) is 10.2 Å². The first kappa shape index (κ1) is 18.8. The number of carbonyl (C=O) groups is 2. The second-order valence-corrected chi connectivity index (χ2v) is 7.37. The van der Waals surface area contributed by atoms with E-state index in [9.17, 15) is 9.59 Å². The molecule has 8 heteroatoms. The van der Waals surface area contributed by atoms with Gasteiger partial charge in [-0.25, -0.2) is 4.68 Å². The normalized spacial score (nSPS) is 15.1. The maximum Gasteiger partial charge on any atom is 0.269 e. The molecule has 2 aromatic carbocycles. The molecule has 2 amide bonds. The first-order valence-electron chi connectivity index (χ1n) is 9.60. The number of aryl methyl sites for hydroxylation is 1. The number of nitrogens with zero attached hydrogens (tertiary/aromatic N) is 4. The number of hydrogen-bond acceptors (Lipinski definition) is 5. The Hall–Kier alpha value is -3.55. The lowest BCUT2D eigenvalue weighted by Gasteiger charge is -2.28. The minimum Gasteiger partial charge on any atom is -0.272 e. The topological polar surface area (TPSA) is 102 Å². The summed E-state index contributed by atoms with van der Waals surface area (Å²) in [5.74, 6) is -0.543. The monoisotopic (exact) mass is 390 g/mol. The van der Waals surface area contributed by atoms with Crippen LogP contribution in [0.25, 0.3) is 5.69 Å². The highest BCUT2D eigenvalue weighted by atomic mass is 16.2. The molecule has 1 aliphatic rings. The summed E-state index contributed by atoms with van der Waals surface area (Å²) in [5, 5.41) is 11.0. The molecule has 4 rings (SSSR count). The summed E-state index contributed by atoms with van der Waals surface area (Å²) in [5.41, 5.74) is 7.90. The van der Waals surface area contributed by atoms with Gasteiger partial charge in [-0.2, -0.15) is 0 Å². The predicted molar refractivity (Wildman–Crippen MR) is 106 cm³/mol. The first-order chi connectivity index (χ1) is 14.1. The van der Waals surface area contributed by atoms with Crippen molar-refractivity contribution in [3.05, 3.63) is 71.5 Å². The lowest BCUT2D eigenvalue weighted by molar-refractivity contribution is -0.127. The molecular formula is C21H22N6O2. The van der Waals surface area contributed by atoms with Gasteiger partial charge in [-0.05, 0) is 60.0 Å². The standard InChI is InChI=1S/C21H22N6O2/c1-15-5-4-6-17(13-15)21(11-2-3-12-21)20(29)24-23-19(28)16-7-9-18(10-8-16)27-14-22-25-26-27/h4-10,13-14H,2-3,11-12H2,1H3,(H,23,28)(H,24,29). The molecule has 148 valence electrons. The van der Waals surface area contributed by atoms with Crippen LogP contribution in [0.4, 0.5) is 0 Å². The molecule has 0 spiro atoms. The third-order valence-electron chi connectivity index (χ3n) is 5.50. The van der Waals surface area contributed by atoms with Crippen molar-refractivity contribution in [2.45, 2.75) is 38.0 Å². The minimum atomic E-state index is -0.594. The molecule has 3 aromatic rings. The van der Waals surface area contributed by atoms with E-state index >= 15 is 0 Å². The predicted octanol–water partition coefficient (Wildman–Crippen LogP) is 2.24. The highest BCUT2D eigenvalue weighted by Crippen LogP contribution is 2.41. The van der Waals surface area contributed by atoms with Crippen molar-refractivity contribution in [2.24, 2.45) is 0 Å². The summed E-state index contributed by atoms with van der Waals surface area (Å²) in [6, 6.07) is 14.8. The van der Waals surface area contributed by atoms with Crippen molar-refractivity contribution in [1.29, 1.82) is 0 Å². The number of benzene rings is 2. The average molecular weight is 390 g/mol. The fourth-order valence-electron chi connectivity index (χ4n) is 3.92. The molecule has 0 saturated heterocycles. The van der Waals surface area contributed by atoms with Crippen LogP contribution < -0.4 is 10.9 Å². The maximum absolute atomic E-state index is 13.1. The van der Waals surface area contributed by atoms with E-state index in [-0.39, 0.29) is 11.8 Å². The van der Waals surface area contributed by atoms with Crippen molar-refractivity contribution >= 4 is 11.8 Å². The SMILES string of the molecule is Cc1cccc(C2(C(=O)NNC(=O)c3ccc(-n4cnnn4)cc3)CCCC2)c1. The van der Waals surface area contributed by atoms with E-state index < -0.39 is 5.41 Å². The number of rotatable bonds is 4. The van der Waals surface area contributed by atoms with Gasteiger partial charge >= 0.3 is 0 Å². The Bertz CT molecular complexity index is 1010. The third-order valence-corrected chi connectivity index (χ3v) is 5.50. The molecule has 1 aromatic heterocycles. The van der Waals surface area contributed by atoms with Crippen molar-refractivity contribution < 1.29 is 9.59 Å². The molecule has 1 heterocycles. The minimum absolute atomic E-state index is 0.167. The van der Waals surface area contributed by atoms with E-state index in [1.165, 1.54) is 11.0 Å². The summed E-state index contributed by atoms with van der Waals surface area (Å²) in [4.78, 5) is 25.6. The van der Waals surface area contributed by atoms with Gasteiger partial charge in [0.25, 0.3) is 5.91 Å². The third kappa shape index (κ3) is 3.73. The van der Waals surface area contributed by atoms with Crippen LogP contribution >= 0.6 is 0 Å².